The molecule has 6 nitrogen and oxygen atoms in total. The van der Waals surface area contributed by atoms with Crippen LogP contribution in [0, 0.1) is 10.2 Å². The molecule has 0 saturated heterocycles. The van der Waals surface area contributed by atoms with Crippen molar-refractivity contribution in [2.45, 2.75) is 6.18 Å². The fraction of sp³-hybridized carbons (Fsp3) is 0.625. The van der Waals surface area contributed by atoms with Crippen molar-refractivity contribution >= 4 is 6.21 Å². The first-order valence-corrected chi connectivity index (χ1v) is 5.55. The third kappa shape index (κ3) is 17.5. The van der Waals surface area contributed by atoms with Gasteiger partial charge in [-0.3, -0.25) is 0 Å². The Hall–Kier alpha value is -0.870. The van der Waals surface area contributed by atoms with Crippen molar-refractivity contribution in [3.63, 3.8) is 0 Å². The molecule has 0 bridgehead atoms. The Morgan fingerprint density at radius 1 is 1.11 bits per heavy atom. The van der Waals surface area contributed by atoms with Crippen molar-refractivity contribution in [1.82, 2.24) is 4.90 Å². The van der Waals surface area contributed by atoms with Gasteiger partial charge in [0.1, 0.15) is 19.7 Å². The highest BCUT2D eigenvalue weighted by Crippen LogP contribution is 2.23. The summed E-state index contributed by atoms with van der Waals surface area (Å²) in [6, 6.07) is 0. The first-order valence-electron chi connectivity index (χ1n) is 4.32. The molecule has 0 aromatic rings. The second-order valence-electron chi connectivity index (χ2n) is 3.52. The molecule has 0 aromatic heterocycles. The van der Waals surface area contributed by atoms with Crippen LogP contribution in [0.15, 0.2) is 11.8 Å². The minimum atomic E-state index is -4.94. The molecule has 0 saturated carbocycles. The molecule has 0 atom stereocenters. The largest absolute Gasteiger partial charge is 0.423 e. The summed E-state index contributed by atoms with van der Waals surface area (Å²) in [4.78, 5) is 1.36. The molecule has 0 aromatic carbocycles. The van der Waals surface area contributed by atoms with Gasteiger partial charge in [0.15, 0.2) is 6.21 Å². The minimum absolute atomic E-state index is 0.664. The summed E-state index contributed by atoms with van der Waals surface area (Å²) >= 11 is 0. The molecule has 10 heteroatoms. The summed E-state index contributed by atoms with van der Waals surface area (Å²) in [5, 5.41) is 0. The monoisotopic (exact) mass is 294 g/mol. The molecule has 0 spiro atoms. The van der Waals surface area contributed by atoms with E-state index in [9.17, 15) is 13.2 Å². The van der Waals surface area contributed by atoms with Crippen molar-refractivity contribution in [1.29, 1.82) is 0 Å². The molecule has 0 aliphatic carbocycles. The molecule has 0 heterocycles. The van der Waals surface area contributed by atoms with E-state index in [1.807, 2.05) is 0 Å². The summed E-state index contributed by atoms with van der Waals surface area (Å²) in [7, 11) is 1.26. The third-order valence-corrected chi connectivity index (χ3v) is 1.12. The number of alkyl halides is 3. The van der Waals surface area contributed by atoms with Gasteiger partial charge in [0.25, 0.3) is 0 Å². The maximum absolute atomic E-state index is 12.3. The summed E-state index contributed by atoms with van der Waals surface area (Å²) in [5.74, 6) is 0. The van der Waals surface area contributed by atoms with Crippen molar-refractivity contribution in [2.75, 3.05) is 28.2 Å². The van der Waals surface area contributed by atoms with E-state index < -0.39 is 22.0 Å². The van der Waals surface area contributed by atoms with Crippen LogP contribution in [-0.4, -0.2) is 50.1 Å². The highest BCUT2D eigenvalue weighted by molar-refractivity contribution is 5.75. The Kier molecular flexibility index (Phi) is 8.16. The van der Waals surface area contributed by atoms with Gasteiger partial charge in [0.05, 0.1) is 0 Å². The van der Waals surface area contributed by atoms with Gasteiger partial charge >= 0.3 is 6.18 Å². The van der Waals surface area contributed by atoms with Crippen LogP contribution >= 0.6 is 0 Å². The van der Waals surface area contributed by atoms with Gasteiger partial charge in [-0.25, -0.2) is 23.2 Å². The number of allylic oxidation sites excluding steroid dienone is 1. The zero-order chi connectivity index (χ0) is 15.1. The van der Waals surface area contributed by atoms with Crippen LogP contribution in [0.5, 0.6) is 0 Å². The van der Waals surface area contributed by atoms with Gasteiger partial charge < -0.3 is 4.90 Å². The molecule has 0 rings (SSSR count). The topological polar surface area (TPSA) is 98.5 Å². The predicted molar refractivity (Wildman–Crippen MR) is 46.0 cm³/mol. The van der Waals surface area contributed by atoms with Crippen molar-refractivity contribution in [3.8, 4) is 0 Å². The lowest BCUT2D eigenvalue weighted by atomic mass is 10.3. The summed E-state index contributed by atoms with van der Waals surface area (Å²) in [5.41, 5.74) is -0.664. The van der Waals surface area contributed by atoms with E-state index in [4.69, 9.17) is 18.6 Å². The van der Waals surface area contributed by atoms with E-state index in [1.165, 1.54) is 9.48 Å². The molecule has 0 fully saturated rings. The second kappa shape index (κ2) is 7.54. The molecule has 18 heavy (non-hydrogen) atoms. The van der Waals surface area contributed by atoms with E-state index in [0.29, 0.717) is 0 Å². The highest BCUT2D eigenvalue weighted by atomic mass is 35.7. The van der Waals surface area contributed by atoms with Gasteiger partial charge in [0, 0.05) is 20.3 Å². The van der Waals surface area contributed by atoms with Crippen LogP contribution in [0.1, 0.15) is 0 Å². The summed E-state index contributed by atoms with van der Waals surface area (Å²) < 4.78 is 72.2. The standard InChI is InChI=1S/C8H14F3N2.ClHO4/c1-12(2)5-7(6-13(3)4)8(9,10)11;2-1(3,4)5/h5-6H,1-4H3;(H,2,3,4,5)/q+1;/p-1. The van der Waals surface area contributed by atoms with Crippen LogP contribution in [0.4, 0.5) is 13.2 Å². The number of nitrogens with zero attached hydrogens (tertiary/aromatic N) is 2. The molecule has 0 aliphatic rings. The van der Waals surface area contributed by atoms with E-state index in [0.717, 1.165) is 12.4 Å². The Bertz CT molecular complexity index is 300. The quantitative estimate of drug-likeness (QED) is 0.390. The lowest BCUT2D eigenvalue weighted by Crippen LogP contribution is -2.68. The Morgan fingerprint density at radius 2 is 1.44 bits per heavy atom. The van der Waals surface area contributed by atoms with Gasteiger partial charge in [-0.15, -0.1) is 10.2 Å². The lowest BCUT2D eigenvalue weighted by Gasteiger charge is -2.17. The van der Waals surface area contributed by atoms with Crippen LogP contribution in [0.3, 0.4) is 0 Å². The van der Waals surface area contributed by atoms with Crippen molar-refractivity contribution in [3.05, 3.63) is 11.8 Å². The molecule has 0 aliphatic heterocycles. The molecule has 0 unspecified atom stereocenters. The van der Waals surface area contributed by atoms with Crippen LogP contribution in [0.2, 0.25) is 0 Å². The van der Waals surface area contributed by atoms with Crippen LogP contribution < -0.4 is 18.6 Å². The molecule has 0 amide bonds. The average Bonchev–Trinajstić information content (AvgIpc) is 1.95. The van der Waals surface area contributed by atoms with Gasteiger partial charge in [0.2, 0.25) is 0 Å². The van der Waals surface area contributed by atoms with Crippen LogP contribution in [-0.2, 0) is 0 Å². The molecular weight excluding hydrogens is 281 g/mol. The zero-order valence-electron chi connectivity index (χ0n) is 10.2. The molecule has 0 N–H and O–H groups in total. The SMILES string of the molecule is CN(C)/C=C(/C=[N+](C)C)C(F)(F)F.[O-][Cl+3]([O-])([O-])[O-]. The fourth-order valence-corrected chi connectivity index (χ4v) is 0.736. The van der Waals surface area contributed by atoms with Crippen LogP contribution in [0.25, 0.3) is 0 Å². The normalized spacial score (nSPS) is 12.5. The van der Waals surface area contributed by atoms with Gasteiger partial charge in [-0.05, 0) is 0 Å². The first kappa shape index (κ1) is 19.5. The Labute approximate surface area is 105 Å². The third-order valence-electron chi connectivity index (χ3n) is 1.12. The number of halogens is 4. The van der Waals surface area contributed by atoms with E-state index >= 15 is 0 Å². The number of hydrogen-bond donors (Lipinski definition) is 0. The van der Waals surface area contributed by atoms with Gasteiger partial charge in [-0.1, -0.05) is 0 Å². The molecular formula is C8H14ClF3N2O4. The van der Waals surface area contributed by atoms with Crippen molar-refractivity contribution < 1.29 is 46.6 Å². The molecule has 0 radical (unpaired) electrons. The first-order chi connectivity index (χ1) is 7.73. The lowest BCUT2D eigenvalue weighted by molar-refractivity contribution is -2.00. The Morgan fingerprint density at radius 3 is 1.61 bits per heavy atom. The maximum Gasteiger partial charge on any atom is 0.423 e. The Balaban J connectivity index is 0. The van der Waals surface area contributed by atoms with Crippen molar-refractivity contribution in [2.24, 2.45) is 0 Å². The number of hydrogen-bond acceptors (Lipinski definition) is 5. The van der Waals surface area contributed by atoms with E-state index in [-0.39, 0.29) is 0 Å². The second-order valence-corrected chi connectivity index (χ2v) is 4.27. The zero-order valence-corrected chi connectivity index (χ0v) is 10.9. The van der Waals surface area contributed by atoms with Gasteiger partial charge in [-0.2, -0.15) is 13.2 Å². The van der Waals surface area contributed by atoms with E-state index in [2.05, 4.69) is 0 Å². The fourth-order valence-electron chi connectivity index (χ4n) is 0.736. The van der Waals surface area contributed by atoms with E-state index in [1.54, 1.807) is 28.2 Å². The predicted octanol–water partition coefficient (Wildman–Crippen LogP) is -3.42. The summed E-state index contributed by atoms with van der Waals surface area (Å²) in [6.45, 7) is 0. The smallest absolute Gasteiger partial charge is 0.383 e. The summed E-state index contributed by atoms with van der Waals surface area (Å²) in [6.07, 6.45) is -2.21. The highest BCUT2D eigenvalue weighted by Gasteiger charge is 2.34. The average molecular weight is 295 g/mol. The minimum Gasteiger partial charge on any atom is -0.383 e. The number of rotatable bonds is 2. The molecule has 108 valence electrons. The maximum atomic E-state index is 12.3.